The second-order valence-electron chi connectivity index (χ2n) is 5.83. The van der Waals surface area contributed by atoms with Gasteiger partial charge in [0.15, 0.2) is 11.6 Å². The van der Waals surface area contributed by atoms with Crippen LogP contribution in [0, 0.1) is 0 Å². The summed E-state index contributed by atoms with van der Waals surface area (Å²) in [6, 6.07) is 15.2. The van der Waals surface area contributed by atoms with Gasteiger partial charge in [0.05, 0.1) is 21.3 Å². The highest BCUT2D eigenvalue weighted by atomic mass is 32.2. The van der Waals surface area contributed by atoms with E-state index >= 15 is 0 Å². The summed E-state index contributed by atoms with van der Waals surface area (Å²) in [5.41, 5.74) is 1.18. The molecule has 2 aromatic carbocycles. The van der Waals surface area contributed by atoms with Crippen molar-refractivity contribution in [2.75, 3.05) is 26.1 Å². The first-order valence-corrected chi connectivity index (χ1v) is 9.47. The molecule has 0 radical (unpaired) electrons. The first kappa shape index (κ1) is 18.9. The Morgan fingerprint density at radius 1 is 0.862 bits per heavy atom. The van der Waals surface area contributed by atoms with Crippen LogP contribution in [-0.2, 0) is 0 Å². The first-order valence-electron chi connectivity index (χ1n) is 8.65. The minimum absolute atomic E-state index is 0.325. The van der Waals surface area contributed by atoms with Crippen LogP contribution in [-0.4, -0.2) is 36.5 Å². The molecule has 4 aromatic rings. The number of aromatic nitrogens is 3. The zero-order valence-electron chi connectivity index (χ0n) is 16.0. The van der Waals surface area contributed by atoms with E-state index in [2.05, 4.69) is 19.8 Å². The molecular formula is C20H18N4O4S. The van der Waals surface area contributed by atoms with E-state index in [1.54, 1.807) is 21.3 Å². The van der Waals surface area contributed by atoms with Crippen molar-refractivity contribution in [1.29, 1.82) is 0 Å². The van der Waals surface area contributed by atoms with Crippen LogP contribution in [0.3, 0.4) is 0 Å². The molecule has 0 saturated heterocycles. The van der Waals surface area contributed by atoms with Crippen LogP contribution in [0.15, 0.2) is 57.9 Å². The average molecular weight is 410 g/mol. The maximum absolute atomic E-state index is 5.48. The second kappa shape index (κ2) is 8.27. The van der Waals surface area contributed by atoms with Gasteiger partial charge in [0.1, 0.15) is 21.8 Å². The van der Waals surface area contributed by atoms with Crippen molar-refractivity contribution < 1.29 is 18.7 Å². The van der Waals surface area contributed by atoms with Crippen molar-refractivity contribution >= 4 is 28.9 Å². The van der Waals surface area contributed by atoms with E-state index in [1.807, 2.05) is 48.5 Å². The van der Waals surface area contributed by atoms with Crippen LogP contribution >= 0.6 is 11.9 Å². The van der Waals surface area contributed by atoms with Crippen LogP contribution < -0.4 is 18.9 Å². The minimum atomic E-state index is 0.325. The van der Waals surface area contributed by atoms with E-state index in [0.717, 1.165) is 10.5 Å². The number of hydrogen-bond donors (Lipinski definition) is 1. The van der Waals surface area contributed by atoms with Crippen molar-refractivity contribution in [2.24, 2.45) is 0 Å². The summed E-state index contributed by atoms with van der Waals surface area (Å²) in [7, 11) is 4.75. The first-order chi connectivity index (χ1) is 14.2. The largest absolute Gasteiger partial charge is 0.495 e. The van der Waals surface area contributed by atoms with Gasteiger partial charge in [-0.2, -0.15) is 9.97 Å². The number of nitrogens with one attached hydrogen (secondary N) is 1. The van der Waals surface area contributed by atoms with Crippen molar-refractivity contribution in [3.05, 3.63) is 48.5 Å². The lowest BCUT2D eigenvalue weighted by Crippen LogP contribution is -1.97. The molecule has 9 heteroatoms. The molecule has 1 N–H and O–H groups in total. The number of nitrogens with zero attached hydrogens (tertiary/aromatic N) is 3. The number of ether oxygens (including phenoxy) is 3. The Labute approximate surface area is 171 Å². The third-order valence-corrected chi connectivity index (χ3v) is 5.06. The number of methoxy groups -OCH3 is 3. The Balaban J connectivity index is 1.70. The fourth-order valence-corrected chi connectivity index (χ4v) is 3.62. The molecule has 0 saturated carbocycles. The molecule has 29 heavy (non-hydrogen) atoms. The Hall–Kier alpha value is -3.46. The Kier molecular flexibility index (Phi) is 5.39. The molecule has 4 rings (SSSR count). The third-order valence-electron chi connectivity index (χ3n) is 4.16. The SMILES string of the molecule is COc1cccc(OC)c1SNc1noc2nc(-c3ccccc3)nc(OC)c12. The van der Waals surface area contributed by atoms with Crippen LogP contribution in [0.4, 0.5) is 5.82 Å². The summed E-state index contributed by atoms with van der Waals surface area (Å²) in [5, 5.41) is 4.64. The van der Waals surface area contributed by atoms with Gasteiger partial charge in [0, 0.05) is 5.56 Å². The highest BCUT2D eigenvalue weighted by Gasteiger charge is 2.20. The van der Waals surface area contributed by atoms with E-state index in [9.17, 15) is 0 Å². The van der Waals surface area contributed by atoms with Crippen molar-refractivity contribution in [1.82, 2.24) is 15.1 Å². The minimum Gasteiger partial charge on any atom is -0.495 e. The second-order valence-corrected chi connectivity index (χ2v) is 6.65. The predicted molar refractivity (Wildman–Crippen MR) is 111 cm³/mol. The van der Waals surface area contributed by atoms with Crippen LogP contribution in [0.5, 0.6) is 17.4 Å². The molecule has 0 spiro atoms. The smallest absolute Gasteiger partial charge is 0.267 e. The highest BCUT2D eigenvalue weighted by molar-refractivity contribution is 8.00. The summed E-state index contributed by atoms with van der Waals surface area (Å²) >= 11 is 1.28. The van der Waals surface area contributed by atoms with Crippen molar-refractivity contribution in [2.45, 2.75) is 4.90 Å². The Morgan fingerprint density at radius 3 is 2.24 bits per heavy atom. The van der Waals surface area contributed by atoms with Gasteiger partial charge in [0.25, 0.3) is 5.71 Å². The zero-order valence-corrected chi connectivity index (χ0v) is 16.8. The van der Waals surface area contributed by atoms with E-state index in [4.69, 9.17) is 18.7 Å². The number of benzene rings is 2. The lowest BCUT2D eigenvalue weighted by molar-refractivity contribution is 0.376. The summed E-state index contributed by atoms with van der Waals surface area (Å²) in [6.07, 6.45) is 0. The molecule has 0 amide bonds. The Morgan fingerprint density at radius 2 is 1.59 bits per heavy atom. The molecule has 148 valence electrons. The molecule has 8 nitrogen and oxygen atoms in total. The molecule has 0 aliphatic carbocycles. The van der Waals surface area contributed by atoms with Crippen molar-refractivity contribution in [3.63, 3.8) is 0 Å². The molecule has 0 aliphatic rings. The number of hydrogen-bond acceptors (Lipinski definition) is 9. The molecule has 0 bridgehead atoms. The maximum Gasteiger partial charge on any atom is 0.267 e. The maximum atomic E-state index is 5.48. The summed E-state index contributed by atoms with van der Waals surface area (Å²) in [6.45, 7) is 0. The van der Waals surface area contributed by atoms with Crippen LogP contribution in [0.1, 0.15) is 0 Å². The number of rotatable bonds is 7. The monoisotopic (exact) mass is 410 g/mol. The normalized spacial score (nSPS) is 10.7. The summed E-state index contributed by atoms with van der Waals surface area (Å²) in [5.74, 6) is 2.64. The van der Waals surface area contributed by atoms with Gasteiger partial charge in [-0.3, -0.25) is 0 Å². The lowest BCUT2D eigenvalue weighted by atomic mass is 10.2. The van der Waals surface area contributed by atoms with E-state index in [1.165, 1.54) is 11.9 Å². The zero-order chi connectivity index (χ0) is 20.2. The summed E-state index contributed by atoms with van der Waals surface area (Å²) < 4.78 is 24.9. The number of anilines is 1. The molecule has 0 unspecified atom stereocenters. The fourth-order valence-electron chi connectivity index (χ4n) is 2.77. The topological polar surface area (TPSA) is 91.5 Å². The molecule has 2 aromatic heterocycles. The lowest BCUT2D eigenvalue weighted by Gasteiger charge is -2.12. The third kappa shape index (κ3) is 3.64. The van der Waals surface area contributed by atoms with E-state index < -0.39 is 0 Å². The molecular weight excluding hydrogens is 392 g/mol. The molecule has 2 heterocycles. The van der Waals surface area contributed by atoms with E-state index in [0.29, 0.717) is 40.1 Å². The van der Waals surface area contributed by atoms with Gasteiger partial charge in [-0.25, -0.2) is 0 Å². The van der Waals surface area contributed by atoms with Gasteiger partial charge >= 0.3 is 0 Å². The fraction of sp³-hybridized carbons (Fsp3) is 0.150. The Bertz CT molecular complexity index is 1110. The average Bonchev–Trinajstić information content (AvgIpc) is 3.20. The summed E-state index contributed by atoms with van der Waals surface area (Å²) in [4.78, 5) is 9.76. The highest BCUT2D eigenvalue weighted by Crippen LogP contribution is 2.40. The van der Waals surface area contributed by atoms with Gasteiger partial charge in [-0.15, -0.1) is 0 Å². The predicted octanol–water partition coefficient (Wildman–Crippen LogP) is 4.43. The van der Waals surface area contributed by atoms with E-state index in [-0.39, 0.29) is 0 Å². The standard InChI is InChI=1S/C20H18N4O4S/c1-25-13-10-7-11-14(26-2)16(13)29-24-18-15-19(27-3)21-17(22-20(15)28-23-18)12-8-5-4-6-9-12/h4-11H,1-3H3,(H,23,24). The quantitative estimate of drug-likeness (QED) is 0.444. The number of fused-ring (bicyclic) bond motifs is 1. The molecule has 0 atom stereocenters. The molecule has 0 fully saturated rings. The molecule has 0 aliphatic heterocycles. The van der Waals surface area contributed by atoms with Gasteiger partial charge in [0.2, 0.25) is 5.88 Å². The van der Waals surface area contributed by atoms with Gasteiger partial charge in [-0.1, -0.05) is 41.6 Å². The van der Waals surface area contributed by atoms with Gasteiger partial charge in [-0.05, 0) is 24.1 Å². The van der Waals surface area contributed by atoms with Crippen LogP contribution in [0.25, 0.3) is 22.5 Å². The van der Waals surface area contributed by atoms with Gasteiger partial charge < -0.3 is 23.5 Å². The van der Waals surface area contributed by atoms with Crippen LogP contribution in [0.2, 0.25) is 0 Å². The van der Waals surface area contributed by atoms with Crippen molar-refractivity contribution in [3.8, 4) is 28.8 Å².